The fraction of sp³-hybridized carbons (Fsp3) is 0.881. The fourth-order valence-electron chi connectivity index (χ4n) is 6.37. The van der Waals surface area contributed by atoms with E-state index in [1.165, 1.54) is 122 Å². The van der Waals surface area contributed by atoms with Gasteiger partial charge in [0, 0.05) is 12.8 Å². The molecule has 0 rings (SSSR count). The molecule has 0 bridgehead atoms. The van der Waals surface area contributed by atoms with Crippen LogP contribution in [0.2, 0.25) is 0 Å². The molecule has 4 N–H and O–H groups in total. The third-order valence-electron chi connectivity index (χ3n) is 9.55. The Morgan fingerprint density at radius 3 is 1.49 bits per heavy atom. The fourth-order valence-corrected chi connectivity index (χ4v) is 6.37. The van der Waals surface area contributed by atoms with Crippen molar-refractivity contribution < 1.29 is 24.2 Å². The molecule has 0 aromatic heterocycles. The Kier molecular flexibility index (Phi) is 35.9. The zero-order valence-corrected chi connectivity index (χ0v) is 32.3. The Morgan fingerprint density at radius 1 is 0.592 bits per heavy atom. The minimum absolute atomic E-state index is 0.0942. The third-order valence-corrected chi connectivity index (χ3v) is 9.55. The molecule has 7 heteroatoms. The molecule has 0 aromatic carbocycles. The quantitative estimate of drug-likeness (QED) is 0.0337. The van der Waals surface area contributed by atoms with Gasteiger partial charge in [-0.05, 0) is 57.6 Å². The molecule has 2 unspecified atom stereocenters. The zero-order valence-electron chi connectivity index (χ0n) is 32.3. The van der Waals surface area contributed by atoms with E-state index < -0.39 is 12.0 Å². The number of carboxylic acid groups (broad SMARTS) is 1. The Bertz CT molecular complexity index is 787. The summed E-state index contributed by atoms with van der Waals surface area (Å²) in [6, 6.07) is -0.866. The summed E-state index contributed by atoms with van der Waals surface area (Å²) in [5, 5.41) is 11.9. The minimum atomic E-state index is -1.01. The molecule has 0 saturated heterocycles. The normalized spacial score (nSPS) is 12.7. The van der Waals surface area contributed by atoms with E-state index in [-0.39, 0.29) is 18.0 Å². The van der Waals surface area contributed by atoms with Gasteiger partial charge in [-0.15, -0.1) is 0 Å². The molecule has 0 fully saturated rings. The van der Waals surface area contributed by atoms with E-state index in [4.69, 9.17) is 10.5 Å². The summed E-state index contributed by atoms with van der Waals surface area (Å²) in [6.45, 7) is 4.83. The Morgan fingerprint density at radius 2 is 1.04 bits per heavy atom. The summed E-state index contributed by atoms with van der Waals surface area (Å²) in [4.78, 5) is 36.0. The van der Waals surface area contributed by atoms with Gasteiger partial charge >= 0.3 is 11.9 Å². The maximum Gasteiger partial charge on any atom is 0.326 e. The number of carbonyl (C=O) groups is 3. The average Bonchev–Trinajstić information content (AvgIpc) is 3.08. The van der Waals surface area contributed by atoms with E-state index in [1.807, 2.05) is 6.08 Å². The van der Waals surface area contributed by atoms with Gasteiger partial charge in [0.2, 0.25) is 5.91 Å². The number of amides is 1. The summed E-state index contributed by atoms with van der Waals surface area (Å²) in [5.74, 6) is -1.33. The first-order chi connectivity index (χ1) is 23.9. The summed E-state index contributed by atoms with van der Waals surface area (Å²) in [5.41, 5.74) is 5.46. The van der Waals surface area contributed by atoms with E-state index in [0.29, 0.717) is 38.6 Å². The summed E-state index contributed by atoms with van der Waals surface area (Å²) >= 11 is 0. The van der Waals surface area contributed by atoms with Crippen molar-refractivity contribution >= 4 is 17.8 Å². The molecule has 288 valence electrons. The SMILES string of the molecule is CCC/C=C\C(CCCCCCC(=O)NC(CCCN)C(=O)O)OC(=O)CCCCCCCCCCCCCCCCCCCCCCC. The highest BCUT2D eigenvalue weighted by molar-refractivity contribution is 5.83. The molecule has 0 aliphatic rings. The number of hydrogen-bond donors (Lipinski definition) is 3. The molecule has 0 saturated carbocycles. The van der Waals surface area contributed by atoms with Crippen molar-refractivity contribution in [2.45, 2.75) is 231 Å². The number of hydrogen-bond acceptors (Lipinski definition) is 5. The van der Waals surface area contributed by atoms with Crippen LogP contribution in [0.3, 0.4) is 0 Å². The molecule has 0 heterocycles. The standard InChI is InChI=1S/C42H80N2O5/c1-3-5-7-8-9-10-11-12-13-14-15-16-17-18-19-20-21-22-23-24-30-36-41(46)49-38(32-27-6-4-2)33-28-25-26-29-35-40(45)44-39(42(47)48)34-31-37-43/h27,32,38-39H,3-26,28-31,33-37,43H2,1-2H3,(H,44,45)(H,47,48)/b32-27-. The van der Waals surface area contributed by atoms with E-state index >= 15 is 0 Å². The summed E-state index contributed by atoms with van der Waals surface area (Å²) < 4.78 is 5.83. The van der Waals surface area contributed by atoms with Crippen LogP contribution in [0.25, 0.3) is 0 Å². The van der Waals surface area contributed by atoms with Crippen LogP contribution in [0, 0.1) is 0 Å². The van der Waals surface area contributed by atoms with E-state index in [9.17, 15) is 19.5 Å². The second-order valence-electron chi connectivity index (χ2n) is 14.4. The number of nitrogens with one attached hydrogen (secondary N) is 1. The first kappa shape index (κ1) is 47.1. The van der Waals surface area contributed by atoms with Crippen LogP contribution in [0.15, 0.2) is 12.2 Å². The van der Waals surface area contributed by atoms with Gasteiger partial charge in [-0.3, -0.25) is 9.59 Å². The largest absolute Gasteiger partial charge is 0.480 e. The topological polar surface area (TPSA) is 119 Å². The molecule has 0 aliphatic heterocycles. The monoisotopic (exact) mass is 693 g/mol. The number of rotatable bonds is 38. The van der Waals surface area contributed by atoms with Gasteiger partial charge < -0.3 is 20.9 Å². The Hall–Kier alpha value is -1.89. The second kappa shape index (κ2) is 37.4. The highest BCUT2D eigenvalue weighted by Crippen LogP contribution is 2.17. The van der Waals surface area contributed by atoms with Crippen LogP contribution in [0.5, 0.6) is 0 Å². The van der Waals surface area contributed by atoms with Gasteiger partial charge in [0.05, 0.1) is 0 Å². The number of carboxylic acids is 1. The maximum absolute atomic E-state index is 12.5. The summed E-state index contributed by atoms with van der Waals surface area (Å²) in [6.07, 6.45) is 40.4. The van der Waals surface area contributed by atoms with Gasteiger partial charge in [0.15, 0.2) is 0 Å². The molecule has 0 aromatic rings. The van der Waals surface area contributed by atoms with Crippen LogP contribution in [-0.4, -0.2) is 41.6 Å². The molecular formula is C42H80N2O5. The first-order valence-corrected chi connectivity index (χ1v) is 21.0. The second-order valence-corrected chi connectivity index (χ2v) is 14.4. The molecule has 0 radical (unpaired) electrons. The van der Waals surface area contributed by atoms with Crippen molar-refractivity contribution in [3.05, 3.63) is 12.2 Å². The molecule has 0 spiro atoms. The van der Waals surface area contributed by atoms with Crippen LogP contribution >= 0.6 is 0 Å². The predicted octanol–water partition coefficient (Wildman–Crippen LogP) is 11.5. The lowest BCUT2D eigenvalue weighted by molar-refractivity contribution is -0.147. The minimum Gasteiger partial charge on any atom is -0.480 e. The number of nitrogens with two attached hydrogens (primary N) is 1. The van der Waals surface area contributed by atoms with Gasteiger partial charge in [0.25, 0.3) is 0 Å². The van der Waals surface area contributed by atoms with Crippen LogP contribution < -0.4 is 11.1 Å². The molecule has 7 nitrogen and oxygen atoms in total. The number of ether oxygens (including phenoxy) is 1. The molecule has 0 aliphatic carbocycles. The van der Waals surface area contributed by atoms with Crippen molar-refractivity contribution in [2.75, 3.05) is 6.54 Å². The van der Waals surface area contributed by atoms with E-state index in [2.05, 4.69) is 25.2 Å². The van der Waals surface area contributed by atoms with E-state index in [0.717, 1.165) is 51.4 Å². The number of esters is 1. The smallest absolute Gasteiger partial charge is 0.326 e. The zero-order chi connectivity index (χ0) is 36.0. The van der Waals surface area contributed by atoms with Crippen LogP contribution in [-0.2, 0) is 19.1 Å². The lowest BCUT2D eigenvalue weighted by Gasteiger charge is -2.15. The number of carbonyl (C=O) groups excluding carboxylic acids is 2. The highest BCUT2D eigenvalue weighted by Gasteiger charge is 2.19. The predicted molar refractivity (Wildman–Crippen MR) is 207 cm³/mol. The van der Waals surface area contributed by atoms with Crippen molar-refractivity contribution in [3.8, 4) is 0 Å². The number of aliphatic carboxylic acids is 1. The van der Waals surface area contributed by atoms with Gasteiger partial charge in [0.1, 0.15) is 12.1 Å². The third kappa shape index (κ3) is 34.3. The lowest BCUT2D eigenvalue weighted by Crippen LogP contribution is -2.40. The summed E-state index contributed by atoms with van der Waals surface area (Å²) in [7, 11) is 0. The van der Waals surface area contributed by atoms with Crippen LogP contribution in [0.4, 0.5) is 0 Å². The molecule has 49 heavy (non-hydrogen) atoms. The number of allylic oxidation sites excluding steroid dienone is 1. The van der Waals surface area contributed by atoms with Crippen molar-refractivity contribution in [1.82, 2.24) is 5.32 Å². The van der Waals surface area contributed by atoms with E-state index in [1.54, 1.807) is 0 Å². The van der Waals surface area contributed by atoms with Crippen molar-refractivity contribution in [3.63, 3.8) is 0 Å². The Labute approximate surface area is 302 Å². The lowest BCUT2D eigenvalue weighted by atomic mass is 10.0. The Balaban J connectivity index is 3.81. The number of unbranched alkanes of at least 4 members (excludes halogenated alkanes) is 24. The van der Waals surface area contributed by atoms with Gasteiger partial charge in [-0.25, -0.2) is 4.79 Å². The van der Waals surface area contributed by atoms with Crippen LogP contribution in [0.1, 0.15) is 219 Å². The highest BCUT2D eigenvalue weighted by atomic mass is 16.5. The molecule has 1 amide bonds. The van der Waals surface area contributed by atoms with Gasteiger partial charge in [-0.2, -0.15) is 0 Å². The molecular weight excluding hydrogens is 612 g/mol. The maximum atomic E-state index is 12.5. The van der Waals surface area contributed by atoms with Gasteiger partial charge in [-0.1, -0.05) is 168 Å². The van der Waals surface area contributed by atoms with Crippen molar-refractivity contribution in [1.29, 1.82) is 0 Å². The average molecular weight is 693 g/mol. The first-order valence-electron chi connectivity index (χ1n) is 21.0. The molecule has 2 atom stereocenters. The van der Waals surface area contributed by atoms with Crippen molar-refractivity contribution in [2.24, 2.45) is 5.73 Å².